The van der Waals surface area contributed by atoms with Gasteiger partial charge >= 0.3 is 0 Å². The number of halogens is 1. The molecule has 186 valence electrons. The number of hydrogen-bond donors (Lipinski definition) is 3. The molecule has 0 radical (unpaired) electrons. The summed E-state index contributed by atoms with van der Waals surface area (Å²) in [6, 6.07) is 6.91. The van der Waals surface area contributed by atoms with Crippen LogP contribution in [0.2, 0.25) is 0 Å². The van der Waals surface area contributed by atoms with E-state index in [2.05, 4.69) is 51.4 Å². The Bertz CT molecular complexity index is 1260. The topological polar surface area (TPSA) is 197 Å². The third kappa shape index (κ3) is 7.10. The third-order valence-corrected chi connectivity index (χ3v) is 4.58. The molecule has 0 aliphatic heterocycles. The molecule has 5 heterocycles. The summed E-state index contributed by atoms with van der Waals surface area (Å²) in [6.45, 7) is 0. The van der Waals surface area contributed by atoms with Gasteiger partial charge in [0.05, 0.1) is 62.8 Å². The Balaban J connectivity index is 0.000000157. The van der Waals surface area contributed by atoms with Gasteiger partial charge in [-0.25, -0.2) is 19.6 Å². The Hall–Kier alpha value is -4.79. The van der Waals surface area contributed by atoms with Gasteiger partial charge in [0.25, 0.3) is 0 Å². The lowest BCUT2D eigenvalue weighted by molar-refractivity contribution is 0.393. The molecule has 15 heteroatoms. The van der Waals surface area contributed by atoms with Gasteiger partial charge in [0, 0.05) is 11.9 Å². The fourth-order valence-corrected chi connectivity index (χ4v) is 3.01. The summed E-state index contributed by atoms with van der Waals surface area (Å²) in [7, 11) is 3.07. The third-order valence-electron chi connectivity index (χ3n) is 4.15. The lowest BCUT2D eigenvalue weighted by atomic mass is 10.3. The average Bonchev–Trinajstić information content (AvgIpc) is 3.59. The largest absolute Gasteiger partial charge is 0.479 e. The van der Waals surface area contributed by atoms with E-state index in [1.54, 1.807) is 67.0 Å². The quantitative estimate of drug-likeness (QED) is 0.273. The van der Waals surface area contributed by atoms with Crippen molar-refractivity contribution in [1.82, 2.24) is 44.9 Å². The van der Waals surface area contributed by atoms with Crippen molar-refractivity contribution in [2.24, 2.45) is 0 Å². The zero-order chi connectivity index (χ0) is 25.9. The lowest BCUT2D eigenvalue weighted by Crippen LogP contribution is -2.04. The van der Waals surface area contributed by atoms with Crippen molar-refractivity contribution >= 4 is 33.0 Å². The highest BCUT2D eigenvalue weighted by atomic mass is 79.9. The van der Waals surface area contributed by atoms with Gasteiger partial charge in [-0.15, -0.1) is 9.90 Å². The van der Waals surface area contributed by atoms with Crippen LogP contribution in [0, 0.1) is 0 Å². The van der Waals surface area contributed by atoms with Crippen LogP contribution in [0.3, 0.4) is 0 Å². The minimum absolute atomic E-state index is 0.440. The molecule has 0 fully saturated rings. The number of methoxy groups -OCH3 is 2. The first-order chi connectivity index (χ1) is 17.4. The highest BCUT2D eigenvalue weighted by molar-refractivity contribution is 9.10. The number of anilines is 3. The van der Waals surface area contributed by atoms with E-state index in [4.69, 9.17) is 26.7 Å². The maximum Gasteiger partial charge on any atom is 0.241 e. The zero-order valence-electron chi connectivity index (χ0n) is 19.3. The summed E-state index contributed by atoms with van der Waals surface area (Å²) >= 11 is 3.17. The number of rotatable bonds is 4. The molecule has 6 N–H and O–H groups in total. The number of hydrogen-bond acceptors (Lipinski definition) is 12. The molecule has 0 aromatic carbocycles. The van der Waals surface area contributed by atoms with Crippen molar-refractivity contribution < 1.29 is 9.47 Å². The van der Waals surface area contributed by atoms with Gasteiger partial charge in [-0.05, 0) is 40.2 Å². The van der Waals surface area contributed by atoms with Crippen LogP contribution in [0.1, 0.15) is 0 Å². The molecule has 36 heavy (non-hydrogen) atoms. The summed E-state index contributed by atoms with van der Waals surface area (Å²) in [5.41, 5.74) is 19.7. The second kappa shape index (κ2) is 12.6. The Kier molecular flexibility index (Phi) is 9.05. The fourth-order valence-electron chi connectivity index (χ4n) is 2.63. The molecule has 0 aliphatic rings. The molecule has 0 aliphatic carbocycles. The van der Waals surface area contributed by atoms with Crippen LogP contribution >= 0.6 is 15.9 Å². The van der Waals surface area contributed by atoms with Crippen LogP contribution < -0.4 is 26.7 Å². The summed E-state index contributed by atoms with van der Waals surface area (Å²) < 4.78 is 12.4. The number of nitrogen functional groups attached to an aromatic ring is 3. The monoisotopic (exact) mass is 554 g/mol. The van der Waals surface area contributed by atoms with E-state index in [-0.39, 0.29) is 0 Å². The maximum atomic E-state index is 5.61. The van der Waals surface area contributed by atoms with Crippen LogP contribution in [0.4, 0.5) is 17.1 Å². The standard InChI is InChI=1S/2C8H9N5O.C5H5BrN2/c1-14-8-7(4-6(9)5-10-8)13-3-2-11-12-13;1-14-8-7(4-6(9)5-10-8)13-11-2-3-12-13;6-5-3-4(7)1-2-8-5/h2*2-5H,9H2,1H3;1-3H,(H2,7,8). The Morgan fingerprint density at radius 2 is 1.36 bits per heavy atom. The molecular formula is C21H23BrN12O2. The predicted molar refractivity (Wildman–Crippen MR) is 137 cm³/mol. The van der Waals surface area contributed by atoms with Crippen LogP contribution in [0.25, 0.3) is 11.4 Å². The maximum absolute atomic E-state index is 5.61. The van der Waals surface area contributed by atoms with Gasteiger partial charge in [-0.2, -0.15) is 10.2 Å². The van der Waals surface area contributed by atoms with E-state index in [1.807, 2.05) is 0 Å². The first-order valence-corrected chi connectivity index (χ1v) is 10.9. The Morgan fingerprint density at radius 3 is 1.86 bits per heavy atom. The van der Waals surface area contributed by atoms with Crippen molar-refractivity contribution in [3.8, 4) is 23.1 Å². The molecule has 5 aromatic heterocycles. The molecule has 0 spiro atoms. The van der Waals surface area contributed by atoms with Gasteiger partial charge in [-0.1, -0.05) is 5.21 Å². The number of nitrogens with zero attached hydrogens (tertiary/aromatic N) is 9. The van der Waals surface area contributed by atoms with E-state index >= 15 is 0 Å². The van der Waals surface area contributed by atoms with Gasteiger partial charge in [0.1, 0.15) is 16.0 Å². The molecule has 0 saturated carbocycles. The Morgan fingerprint density at radius 1 is 0.750 bits per heavy atom. The fraction of sp³-hybridized carbons (Fsp3) is 0.0952. The van der Waals surface area contributed by atoms with Gasteiger partial charge in [0.15, 0.2) is 0 Å². The van der Waals surface area contributed by atoms with Crippen molar-refractivity contribution in [2.45, 2.75) is 0 Å². The summed E-state index contributed by atoms with van der Waals surface area (Å²) in [5.74, 6) is 0.903. The molecule has 0 bridgehead atoms. The molecule has 0 amide bonds. The molecule has 5 aromatic rings. The van der Waals surface area contributed by atoms with Gasteiger partial charge < -0.3 is 26.7 Å². The van der Waals surface area contributed by atoms with Gasteiger partial charge in [0.2, 0.25) is 11.8 Å². The summed E-state index contributed by atoms with van der Waals surface area (Å²) in [6.07, 6.45) is 11.1. The van der Waals surface area contributed by atoms with Crippen molar-refractivity contribution in [2.75, 3.05) is 31.4 Å². The molecule has 0 saturated heterocycles. The highest BCUT2D eigenvalue weighted by Gasteiger charge is 2.08. The van der Waals surface area contributed by atoms with E-state index < -0.39 is 0 Å². The SMILES string of the molecule is COc1ncc(N)cc1-n1ccnn1.COc1ncc(N)cc1-n1nccn1.Nc1ccnc(Br)c1. The normalized spacial score (nSPS) is 9.86. The molecule has 0 unspecified atom stereocenters. The number of aromatic nitrogens is 9. The highest BCUT2D eigenvalue weighted by Crippen LogP contribution is 2.21. The van der Waals surface area contributed by atoms with Crippen LogP contribution in [0.5, 0.6) is 11.8 Å². The van der Waals surface area contributed by atoms with Crippen molar-refractivity contribution in [3.05, 3.63) is 72.2 Å². The Labute approximate surface area is 214 Å². The molecular weight excluding hydrogens is 532 g/mol. The summed E-state index contributed by atoms with van der Waals surface area (Å²) in [5, 5.41) is 15.5. The lowest BCUT2D eigenvalue weighted by Gasteiger charge is -2.06. The van der Waals surface area contributed by atoms with Crippen molar-refractivity contribution in [3.63, 3.8) is 0 Å². The van der Waals surface area contributed by atoms with Crippen LogP contribution in [0.15, 0.2) is 72.2 Å². The van der Waals surface area contributed by atoms with E-state index in [0.717, 1.165) is 10.3 Å². The molecule has 14 nitrogen and oxygen atoms in total. The number of nitrogens with two attached hydrogens (primary N) is 3. The first kappa shape index (κ1) is 25.8. The number of pyridine rings is 3. The zero-order valence-corrected chi connectivity index (χ0v) is 20.9. The minimum Gasteiger partial charge on any atom is -0.479 e. The average molecular weight is 555 g/mol. The first-order valence-electron chi connectivity index (χ1n) is 10.1. The van der Waals surface area contributed by atoms with E-state index in [9.17, 15) is 0 Å². The smallest absolute Gasteiger partial charge is 0.241 e. The predicted octanol–water partition coefficient (Wildman–Crippen LogP) is 1.93. The van der Waals surface area contributed by atoms with Crippen molar-refractivity contribution in [1.29, 1.82) is 0 Å². The molecule has 0 atom stereocenters. The second-order valence-corrected chi connectivity index (χ2v) is 7.48. The van der Waals surface area contributed by atoms with Crippen LogP contribution in [-0.2, 0) is 0 Å². The van der Waals surface area contributed by atoms with Crippen LogP contribution in [-0.4, -0.2) is 59.2 Å². The minimum atomic E-state index is 0.440. The van der Waals surface area contributed by atoms with E-state index in [1.165, 1.54) is 24.3 Å². The molecule has 5 rings (SSSR count). The van der Waals surface area contributed by atoms with Gasteiger partial charge in [-0.3, -0.25) is 0 Å². The second-order valence-electron chi connectivity index (χ2n) is 6.67. The summed E-state index contributed by atoms with van der Waals surface area (Å²) in [4.78, 5) is 13.3. The van der Waals surface area contributed by atoms with E-state index in [0.29, 0.717) is 34.5 Å². The number of ether oxygens (including phenoxy) is 2.